The van der Waals surface area contributed by atoms with Gasteiger partial charge in [0.25, 0.3) is 0 Å². The summed E-state index contributed by atoms with van der Waals surface area (Å²) in [6, 6.07) is 2.38. The summed E-state index contributed by atoms with van der Waals surface area (Å²) < 4.78 is 55.0. The van der Waals surface area contributed by atoms with Crippen molar-refractivity contribution < 1.29 is 22.3 Å². The first-order chi connectivity index (χ1) is 10.0. The molecule has 1 fully saturated rings. The van der Waals surface area contributed by atoms with Gasteiger partial charge in [-0.25, -0.2) is 4.39 Å². The van der Waals surface area contributed by atoms with Crippen molar-refractivity contribution in [3.05, 3.63) is 34.6 Å². The van der Waals surface area contributed by atoms with Crippen molar-refractivity contribution in [3.63, 3.8) is 0 Å². The minimum absolute atomic E-state index is 0.0342. The molecule has 1 atom stereocenters. The van der Waals surface area contributed by atoms with E-state index in [1.54, 1.807) is 0 Å². The minimum Gasteiger partial charge on any atom is -0.403 e. The van der Waals surface area contributed by atoms with E-state index in [9.17, 15) is 17.6 Å². The summed E-state index contributed by atoms with van der Waals surface area (Å²) >= 11 is 0. The van der Waals surface area contributed by atoms with Gasteiger partial charge in [-0.3, -0.25) is 0 Å². The van der Waals surface area contributed by atoms with Gasteiger partial charge in [-0.05, 0) is 41.5 Å². The Morgan fingerprint density at radius 2 is 1.77 bits per heavy atom. The summed E-state index contributed by atoms with van der Waals surface area (Å²) in [4.78, 5) is 0. The van der Waals surface area contributed by atoms with Crippen molar-refractivity contribution in [2.45, 2.75) is 51.8 Å². The standard InChI is InChI=1S/C17H18F4O/c1-15(2)5-4-6-16(3)11-9-13(22-17(19,20)21)12(18)7-10(11)8-14(15)16/h7-9H,4-6H2,1-3H3. The van der Waals surface area contributed by atoms with Crippen LogP contribution < -0.4 is 4.74 Å². The van der Waals surface area contributed by atoms with Crippen LogP contribution in [0, 0.1) is 11.2 Å². The van der Waals surface area contributed by atoms with E-state index in [2.05, 4.69) is 18.6 Å². The third-order valence-corrected chi connectivity index (χ3v) is 5.03. The molecule has 0 spiro atoms. The highest BCUT2D eigenvalue weighted by Crippen LogP contribution is 2.57. The molecule has 3 rings (SSSR count). The molecule has 0 aromatic heterocycles. The van der Waals surface area contributed by atoms with Crippen LogP contribution in [-0.4, -0.2) is 6.36 Å². The SMILES string of the molecule is CC1(C)CCCC2(C)C1=Cc1cc(F)c(OC(F)(F)F)cc12. The molecule has 120 valence electrons. The van der Waals surface area contributed by atoms with Crippen molar-refractivity contribution in [2.75, 3.05) is 0 Å². The van der Waals surface area contributed by atoms with Crippen molar-refractivity contribution >= 4 is 6.08 Å². The van der Waals surface area contributed by atoms with Crippen LogP contribution in [0.25, 0.3) is 6.08 Å². The number of fused-ring (bicyclic) bond motifs is 3. The predicted octanol–water partition coefficient (Wildman–Crippen LogP) is 5.59. The first-order valence-electron chi connectivity index (χ1n) is 7.35. The Kier molecular flexibility index (Phi) is 3.14. The van der Waals surface area contributed by atoms with Gasteiger partial charge in [0.2, 0.25) is 0 Å². The van der Waals surface area contributed by atoms with Crippen molar-refractivity contribution in [1.82, 2.24) is 0 Å². The quantitative estimate of drug-likeness (QED) is 0.614. The number of benzene rings is 1. The van der Waals surface area contributed by atoms with E-state index in [-0.39, 0.29) is 10.8 Å². The second kappa shape index (κ2) is 4.49. The van der Waals surface area contributed by atoms with E-state index in [1.165, 1.54) is 11.6 Å². The molecule has 0 aliphatic heterocycles. The van der Waals surface area contributed by atoms with Gasteiger partial charge in [0.15, 0.2) is 11.6 Å². The number of hydrogen-bond acceptors (Lipinski definition) is 1. The van der Waals surface area contributed by atoms with E-state index in [1.807, 2.05) is 13.0 Å². The zero-order chi connectivity index (χ0) is 16.3. The average Bonchev–Trinajstić information content (AvgIpc) is 2.62. The van der Waals surface area contributed by atoms with Crippen LogP contribution in [0.1, 0.15) is 51.2 Å². The summed E-state index contributed by atoms with van der Waals surface area (Å²) in [5.74, 6) is -1.72. The van der Waals surface area contributed by atoms with Crippen LogP contribution in [0.4, 0.5) is 17.6 Å². The Morgan fingerprint density at radius 1 is 1.09 bits per heavy atom. The molecule has 2 aliphatic carbocycles. The summed E-state index contributed by atoms with van der Waals surface area (Å²) in [6.07, 6.45) is -0.0815. The molecular weight excluding hydrogens is 296 g/mol. The second-order valence-corrected chi connectivity index (χ2v) is 7.05. The molecule has 2 aliphatic rings. The van der Waals surface area contributed by atoms with Gasteiger partial charge in [0, 0.05) is 5.41 Å². The molecular formula is C17H18F4O. The lowest BCUT2D eigenvalue weighted by atomic mass is 9.60. The first-order valence-corrected chi connectivity index (χ1v) is 7.35. The molecule has 1 nitrogen and oxygen atoms in total. The van der Waals surface area contributed by atoms with Crippen molar-refractivity contribution in [3.8, 4) is 5.75 Å². The largest absolute Gasteiger partial charge is 0.573 e. The lowest BCUT2D eigenvalue weighted by molar-refractivity contribution is -0.275. The molecule has 0 radical (unpaired) electrons. The molecule has 0 bridgehead atoms. The van der Waals surface area contributed by atoms with Gasteiger partial charge < -0.3 is 4.74 Å². The van der Waals surface area contributed by atoms with E-state index < -0.39 is 17.9 Å². The normalized spacial score (nSPS) is 26.2. The van der Waals surface area contributed by atoms with Crippen molar-refractivity contribution in [2.24, 2.45) is 5.41 Å². The Hall–Kier alpha value is -1.52. The van der Waals surface area contributed by atoms with Crippen LogP contribution in [0.5, 0.6) is 5.75 Å². The molecule has 1 unspecified atom stereocenters. The smallest absolute Gasteiger partial charge is 0.403 e. The molecule has 0 amide bonds. The molecule has 0 heterocycles. The number of allylic oxidation sites excluding steroid dienone is 1. The lowest BCUT2D eigenvalue weighted by Crippen LogP contribution is -2.35. The Morgan fingerprint density at radius 3 is 2.41 bits per heavy atom. The topological polar surface area (TPSA) is 9.23 Å². The fourth-order valence-electron chi connectivity index (χ4n) is 4.06. The Balaban J connectivity index is 2.10. The fourth-order valence-corrected chi connectivity index (χ4v) is 4.06. The van der Waals surface area contributed by atoms with Crippen LogP contribution in [0.2, 0.25) is 0 Å². The highest BCUT2D eigenvalue weighted by molar-refractivity contribution is 5.72. The Labute approximate surface area is 127 Å². The third kappa shape index (κ3) is 2.31. The highest BCUT2D eigenvalue weighted by Gasteiger charge is 2.47. The van der Waals surface area contributed by atoms with E-state index in [4.69, 9.17) is 0 Å². The summed E-state index contributed by atoms with van der Waals surface area (Å²) in [5, 5.41) is 0. The van der Waals surface area contributed by atoms with Gasteiger partial charge in [-0.15, -0.1) is 13.2 Å². The summed E-state index contributed by atoms with van der Waals surface area (Å²) in [5.41, 5.74) is 2.20. The van der Waals surface area contributed by atoms with Gasteiger partial charge >= 0.3 is 6.36 Å². The van der Waals surface area contributed by atoms with Gasteiger partial charge in [-0.2, -0.15) is 0 Å². The van der Waals surface area contributed by atoms with Crippen LogP contribution >= 0.6 is 0 Å². The zero-order valence-corrected chi connectivity index (χ0v) is 12.8. The molecule has 5 heteroatoms. The predicted molar refractivity (Wildman–Crippen MR) is 76.0 cm³/mol. The number of rotatable bonds is 1. The molecule has 0 N–H and O–H groups in total. The monoisotopic (exact) mass is 314 g/mol. The summed E-state index contributed by atoms with van der Waals surface area (Å²) in [7, 11) is 0. The van der Waals surface area contributed by atoms with Gasteiger partial charge in [0.05, 0.1) is 0 Å². The first kappa shape index (κ1) is 15.4. The average molecular weight is 314 g/mol. The maximum Gasteiger partial charge on any atom is 0.573 e. The molecule has 22 heavy (non-hydrogen) atoms. The molecule has 1 saturated carbocycles. The molecule has 1 aromatic rings. The third-order valence-electron chi connectivity index (χ3n) is 5.03. The van der Waals surface area contributed by atoms with E-state index >= 15 is 0 Å². The highest BCUT2D eigenvalue weighted by atomic mass is 19.4. The van der Waals surface area contributed by atoms with Crippen LogP contribution in [0.3, 0.4) is 0 Å². The number of hydrogen-bond donors (Lipinski definition) is 0. The summed E-state index contributed by atoms with van der Waals surface area (Å²) in [6.45, 7) is 6.29. The van der Waals surface area contributed by atoms with Gasteiger partial charge in [0.1, 0.15) is 0 Å². The number of halogens is 4. The van der Waals surface area contributed by atoms with Crippen molar-refractivity contribution in [1.29, 1.82) is 0 Å². The Bertz CT molecular complexity index is 657. The van der Waals surface area contributed by atoms with Crippen LogP contribution in [-0.2, 0) is 5.41 Å². The van der Waals surface area contributed by atoms with E-state index in [0.717, 1.165) is 30.9 Å². The molecule has 1 aromatic carbocycles. The maximum atomic E-state index is 13.9. The van der Waals surface area contributed by atoms with E-state index in [0.29, 0.717) is 5.56 Å². The second-order valence-electron chi connectivity index (χ2n) is 7.05. The number of ether oxygens (including phenoxy) is 1. The fraction of sp³-hybridized carbons (Fsp3) is 0.529. The zero-order valence-electron chi connectivity index (χ0n) is 12.8. The lowest BCUT2D eigenvalue weighted by Gasteiger charge is -2.44. The molecule has 0 saturated heterocycles. The van der Waals surface area contributed by atoms with Gasteiger partial charge in [-0.1, -0.05) is 38.8 Å². The minimum atomic E-state index is -4.89. The number of alkyl halides is 3. The van der Waals surface area contributed by atoms with Crippen LogP contribution in [0.15, 0.2) is 17.7 Å². The maximum absolute atomic E-state index is 13.9.